The van der Waals surface area contributed by atoms with E-state index in [4.69, 9.17) is 10.5 Å². The zero-order valence-corrected chi connectivity index (χ0v) is 16.1. The zero-order valence-electron chi connectivity index (χ0n) is 16.1. The van der Waals surface area contributed by atoms with Crippen LogP contribution in [-0.4, -0.2) is 31.1 Å². The van der Waals surface area contributed by atoms with Crippen LogP contribution in [0.25, 0.3) is 0 Å². The van der Waals surface area contributed by atoms with Crippen LogP contribution >= 0.6 is 0 Å². The molecular formula is C22H23N5O. The van der Waals surface area contributed by atoms with Crippen LogP contribution in [0.1, 0.15) is 25.3 Å². The molecule has 0 fully saturated rings. The molecule has 6 nitrogen and oxygen atoms in total. The van der Waals surface area contributed by atoms with Crippen LogP contribution in [0.15, 0.2) is 47.2 Å². The Kier molecular flexibility index (Phi) is 5.41. The van der Waals surface area contributed by atoms with Crippen molar-refractivity contribution < 1.29 is 4.74 Å². The van der Waals surface area contributed by atoms with Crippen LogP contribution in [0.2, 0.25) is 0 Å². The Hall–Kier alpha value is -3.27. The molecule has 1 heterocycles. The topological polar surface area (TPSA) is 110 Å². The van der Waals surface area contributed by atoms with Gasteiger partial charge in [0.05, 0.1) is 30.0 Å². The summed E-state index contributed by atoms with van der Waals surface area (Å²) in [6.45, 7) is 6.80. The fourth-order valence-corrected chi connectivity index (χ4v) is 4.31. The number of ether oxygens (including phenoxy) is 1. The first-order chi connectivity index (χ1) is 13.6. The van der Waals surface area contributed by atoms with E-state index in [1.165, 1.54) is 0 Å². The second kappa shape index (κ2) is 7.77. The second-order valence-electron chi connectivity index (χ2n) is 7.03. The number of likely N-dealkylation sites (N-methyl/N-ethyl adjacent to an activating group) is 1. The standard InChI is InChI=1S/C22H23N5O/c1-3-27-10-9-17-18(11-23)21(26)22(13-24,14-25)20(19(17)12-27)15-5-7-16(8-6-15)28-4-2/h5-9,19-20H,3-4,10,12,26H2,1-2H3. The highest BCUT2D eigenvalue weighted by molar-refractivity contribution is 5.59. The van der Waals surface area contributed by atoms with Crippen LogP contribution < -0.4 is 10.5 Å². The molecule has 0 radical (unpaired) electrons. The van der Waals surface area contributed by atoms with Gasteiger partial charge in [0.1, 0.15) is 11.8 Å². The third-order valence-corrected chi connectivity index (χ3v) is 5.74. The van der Waals surface area contributed by atoms with Crippen molar-refractivity contribution in [2.75, 3.05) is 26.2 Å². The third-order valence-electron chi connectivity index (χ3n) is 5.74. The lowest BCUT2D eigenvalue weighted by Crippen LogP contribution is -2.48. The van der Waals surface area contributed by atoms with Crippen LogP contribution in [0, 0.1) is 45.3 Å². The first kappa shape index (κ1) is 19.5. The number of hydrogen-bond donors (Lipinski definition) is 1. The van der Waals surface area contributed by atoms with Gasteiger partial charge in [-0.25, -0.2) is 0 Å². The highest BCUT2D eigenvalue weighted by Crippen LogP contribution is 2.54. The van der Waals surface area contributed by atoms with Gasteiger partial charge >= 0.3 is 0 Å². The number of rotatable bonds is 4. The number of benzene rings is 1. The quantitative estimate of drug-likeness (QED) is 0.869. The lowest BCUT2D eigenvalue weighted by molar-refractivity contribution is 0.214. The zero-order chi connectivity index (χ0) is 20.3. The molecular weight excluding hydrogens is 350 g/mol. The monoisotopic (exact) mass is 373 g/mol. The predicted molar refractivity (Wildman–Crippen MR) is 105 cm³/mol. The van der Waals surface area contributed by atoms with Gasteiger partial charge in [0.25, 0.3) is 0 Å². The summed E-state index contributed by atoms with van der Waals surface area (Å²) >= 11 is 0. The van der Waals surface area contributed by atoms with Gasteiger partial charge in [-0.3, -0.25) is 4.90 Å². The Balaban J connectivity index is 2.22. The minimum absolute atomic E-state index is 0.0614. The molecule has 2 aliphatic rings. The Morgan fingerprint density at radius 3 is 2.39 bits per heavy atom. The molecule has 2 N–H and O–H groups in total. The summed E-state index contributed by atoms with van der Waals surface area (Å²) in [7, 11) is 0. The van der Waals surface area contributed by atoms with E-state index in [0.717, 1.165) is 30.0 Å². The number of allylic oxidation sites excluding steroid dienone is 2. The molecule has 1 aliphatic carbocycles. The van der Waals surface area contributed by atoms with E-state index >= 15 is 0 Å². The number of fused-ring (bicyclic) bond motifs is 1. The van der Waals surface area contributed by atoms with Crippen molar-refractivity contribution in [1.29, 1.82) is 15.8 Å². The van der Waals surface area contributed by atoms with Gasteiger partial charge in [0.15, 0.2) is 5.41 Å². The maximum atomic E-state index is 10.1. The van der Waals surface area contributed by atoms with E-state index < -0.39 is 11.3 Å². The van der Waals surface area contributed by atoms with E-state index in [1.807, 2.05) is 37.3 Å². The van der Waals surface area contributed by atoms with Crippen molar-refractivity contribution in [3.63, 3.8) is 0 Å². The molecule has 142 valence electrons. The summed E-state index contributed by atoms with van der Waals surface area (Å²) in [4.78, 5) is 2.24. The summed E-state index contributed by atoms with van der Waals surface area (Å²) in [5.74, 6) is 0.112. The molecule has 0 aromatic heterocycles. The molecule has 3 rings (SSSR count). The van der Waals surface area contributed by atoms with Crippen molar-refractivity contribution >= 4 is 0 Å². The predicted octanol–water partition coefficient (Wildman–Crippen LogP) is 2.83. The van der Waals surface area contributed by atoms with Gasteiger partial charge in [-0.05, 0) is 36.7 Å². The third kappa shape index (κ3) is 2.91. The van der Waals surface area contributed by atoms with Gasteiger partial charge in [-0.2, -0.15) is 15.8 Å². The molecule has 1 aromatic rings. The molecule has 1 aromatic carbocycles. The van der Waals surface area contributed by atoms with E-state index in [1.54, 1.807) is 0 Å². The fourth-order valence-electron chi connectivity index (χ4n) is 4.31. The highest BCUT2D eigenvalue weighted by atomic mass is 16.5. The molecule has 28 heavy (non-hydrogen) atoms. The summed E-state index contributed by atoms with van der Waals surface area (Å²) in [6, 6.07) is 14.0. The number of nitriles is 3. The molecule has 0 amide bonds. The molecule has 0 saturated carbocycles. The SMILES string of the molecule is CCOc1ccc(C2C3CN(CC)CC=C3C(C#N)=C(N)C2(C#N)C#N)cc1. The highest BCUT2D eigenvalue weighted by Gasteiger charge is 2.54. The second-order valence-corrected chi connectivity index (χ2v) is 7.03. The molecule has 6 heteroatoms. The molecule has 0 saturated heterocycles. The van der Waals surface area contributed by atoms with E-state index in [9.17, 15) is 15.8 Å². The molecule has 0 bridgehead atoms. The molecule has 1 aliphatic heterocycles. The average molecular weight is 373 g/mol. The fraction of sp³-hybridized carbons (Fsp3) is 0.409. The van der Waals surface area contributed by atoms with Crippen molar-refractivity contribution in [2.45, 2.75) is 19.8 Å². The Bertz CT molecular complexity index is 925. The lowest BCUT2D eigenvalue weighted by Gasteiger charge is -2.45. The smallest absolute Gasteiger partial charge is 0.191 e. The van der Waals surface area contributed by atoms with Crippen molar-refractivity contribution in [2.24, 2.45) is 17.1 Å². The summed E-state index contributed by atoms with van der Waals surface area (Å²) in [5, 5.41) is 29.8. The largest absolute Gasteiger partial charge is 0.494 e. The summed E-state index contributed by atoms with van der Waals surface area (Å²) in [6.07, 6.45) is 2.02. The first-order valence-corrected chi connectivity index (χ1v) is 9.44. The van der Waals surface area contributed by atoms with Crippen LogP contribution in [0.5, 0.6) is 5.75 Å². The van der Waals surface area contributed by atoms with Crippen LogP contribution in [0.4, 0.5) is 0 Å². The minimum atomic E-state index is -1.59. The van der Waals surface area contributed by atoms with Crippen LogP contribution in [0.3, 0.4) is 0 Å². The number of nitrogens with two attached hydrogens (primary N) is 1. The van der Waals surface area contributed by atoms with Crippen LogP contribution in [-0.2, 0) is 0 Å². The summed E-state index contributed by atoms with van der Waals surface area (Å²) < 4.78 is 5.52. The van der Waals surface area contributed by atoms with Gasteiger partial charge in [-0.1, -0.05) is 25.1 Å². The Morgan fingerprint density at radius 2 is 1.86 bits per heavy atom. The number of hydrogen-bond acceptors (Lipinski definition) is 6. The van der Waals surface area contributed by atoms with Crippen molar-refractivity contribution in [3.05, 3.63) is 52.7 Å². The first-order valence-electron chi connectivity index (χ1n) is 9.44. The van der Waals surface area contributed by atoms with Gasteiger partial charge in [0.2, 0.25) is 0 Å². The number of nitrogens with zero attached hydrogens (tertiary/aromatic N) is 4. The normalized spacial score (nSPS) is 23.6. The maximum Gasteiger partial charge on any atom is 0.191 e. The molecule has 2 unspecified atom stereocenters. The molecule has 0 spiro atoms. The molecule has 2 atom stereocenters. The Labute approximate surface area is 165 Å². The van der Waals surface area contributed by atoms with E-state index in [2.05, 4.69) is 30.0 Å². The van der Waals surface area contributed by atoms with Crippen molar-refractivity contribution in [3.8, 4) is 24.0 Å². The van der Waals surface area contributed by atoms with E-state index in [0.29, 0.717) is 13.2 Å². The van der Waals surface area contributed by atoms with Gasteiger partial charge < -0.3 is 10.5 Å². The lowest BCUT2D eigenvalue weighted by atomic mass is 9.58. The Morgan fingerprint density at radius 1 is 1.18 bits per heavy atom. The van der Waals surface area contributed by atoms with E-state index in [-0.39, 0.29) is 17.2 Å². The van der Waals surface area contributed by atoms with Crippen molar-refractivity contribution in [1.82, 2.24) is 4.90 Å². The minimum Gasteiger partial charge on any atom is -0.494 e. The van der Waals surface area contributed by atoms with Gasteiger partial charge in [-0.15, -0.1) is 0 Å². The summed E-state index contributed by atoms with van der Waals surface area (Å²) in [5.41, 5.74) is 6.76. The maximum absolute atomic E-state index is 10.1. The average Bonchev–Trinajstić information content (AvgIpc) is 2.73. The van der Waals surface area contributed by atoms with Gasteiger partial charge in [0, 0.05) is 24.9 Å².